The first-order valence-corrected chi connectivity index (χ1v) is 6.99. The van der Waals surface area contributed by atoms with Gasteiger partial charge in [0.1, 0.15) is 0 Å². The van der Waals surface area contributed by atoms with Gasteiger partial charge in [0, 0.05) is 24.7 Å². The zero-order chi connectivity index (χ0) is 14.7. The molecule has 1 aromatic carbocycles. The molecule has 2 atom stereocenters. The number of nitrogens with zero attached hydrogens (tertiary/aromatic N) is 2. The van der Waals surface area contributed by atoms with Gasteiger partial charge < -0.3 is 14.9 Å². The number of likely N-dealkylation sites (N-methyl/N-ethyl adjacent to an activating group) is 1. The molecule has 20 heavy (non-hydrogen) atoms. The van der Waals surface area contributed by atoms with Gasteiger partial charge in [-0.3, -0.25) is 0 Å². The monoisotopic (exact) mass is 284 g/mol. The number of aliphatic hydroxyl groups excluding tert-OH is 1. The molecule has 0 aromatic heterocycles. The van der Waals surface area contributed by atoms with Crippen LogP contribution in [0.5, 0.6) is 0 Å². The normalized spacial score (nSPS) is 21.6. The second-order valence-electron chi connectivity index (χ2n) is 5.65. The molecule has 0 spiro atoms. The van der Waals surface area contributed by atoms with Gasteiger partial charge in [0.05, 0.1) is 6.10 Å². The number of rotatable bonds is 5. The van der Waals surface area contributed by atoms with E-state index in [0.29, 0.717) is 19.0 Å². The molecular formula is C15H22F2N2O. The van der Waals surface area contributed by atoms with Crippen LogP contribution in [0.4, 0.5) is 8.78 Å². The lowest BCUT2D eigenvalue weighted by molar-refractivity contribution is 0.142. The highest BCUT2D eigenvalue weighted by Gasteiger charge is 2.24. The van der Waals surface area contributed by atoms with Crippen LogP contribution >= 0.6 is 0 Å². The van der Waals surface area contributed by atoms with Crippen molar-refractivity contribution >= 4 is 0 Å². The first-order valence-electron chi connectivity index (χ1n) is 6.99. The Labute approximate surface area is 118 Å². The molecule has 2 unspecified atom stereocenters. The summed E-state index contributed by atoms with van der Waals surface area (Å²) in [5, 5.41) is 10.0. The average molecular weight is 284 g/mol. The quantitative estimate of drug-likeness (QED) is 0.896. The molecule has 0 amide bonds. The van der Waals surface area contributed by atoms with Gasteiger partial charge in [-0.2, -0.15) is 0 Å². The summed E-state index contributed by atoms with van der Waals surface area (Å²) in [5.41, 5.74) is 0.0494. The van der Waals surface area contributed by atoms with Crippen LogP contribution in [-0.4, -0.2) is 54.7 Å². The predicted molar refractivity (Wildman–Crippen MR) is 74.5 cm³/mol. The minimum absolute atomic E-state index is 0.0494. The van der Waals surface area contributed by atoms with Gasteiger partial charge in [0.25, 0.3) is 0 Å². The fourth-order valence-corrected chi connectivity index (χ4v) is 2.67. The van der Waals surface area contributed by atoms with E-state index in [1.54, 1.807) is 0 Å². The number of likely N-dealkylation sites (tertiary alicyclic amines) is 1. The Morgan fingerprint density at radius 2 is 2.15 bits per heavy atom. The molecule has 0 aliphatic carbocycles. The van der Waals surface area contributed by atoms with Crippen molar-refractivity contribution in [2.75, 3.05) is 33.7 Å². The van der Waals surface area contributed by atoms with E-state index in [1.165, 1.54) is 12.1 Å². The number of benzene rings is 1. The van der Waals surface area contributed by atoms with E-state index >= 15 is 0 Å². The van der Waals surface area contributed by atoms with Crippen LogP contribution in [0.25, 0.3) is 0 Å². The molecule has 0 bridgehead atoms. The summed E-state index contributed by atoms with van der Waals surface area (Å²) in [6, 6.07) is 4.47. The van der Waals surface area contributed by atoms with Gasteiger partial charge in [-0.25, -0.2) is 8.78 Å². The fourth-order valence-electron chi connectivity index (χ4n) is 2.67. The Kier molecular flexibility index (Phi) is 5.07. The summed E-state index contributed by atoms with van der Waals surface area (Å²) < 4.78 is 26.7. The highest BCUT2D eigenvalue weighted by atomic mass is 19.2. The van der Waals surface area contributed by atoms with E-state index in [0.717, 1.165) is 25.6 Å². The molecule has 1 saturated heterocycles. The van der Waals surface area contributed by atoms with Crippen LogP contribution in [0.15, 0.2) is 18.2 Å². The van der Waals surface area contributed by atoms with Gasteiger partial charge in [-0.05, 0) is 39.5 Å². The van der Waals surface area contributed by atoms with E-state index in [4.69, 9.17) is 0 Å². The Bertz CT molecular complexity index is 453. The van der Waals surface area contributed by atoms with Crippen LogP contribution < -0.4 is 0 Å². The fraction of sp³-hybridized carbons (Fsp3) is 0.600. The van der Waals surface area contributed by atoms with Gasteiger partial charge in [-0.15, -0.1) is 0 Å². The standard InChI is InChI=1S/C15H22F2N2O/c1-18(2)11-6-8-19(10-11)9-7-14(20)12-4-3-5-13(16)15(12)17/h3-5,11,14,20H,6-10H2,1-2H3. The number of hydrogen-bond donors (Lipinski definition) is 1. The van der Waals surface area contributed by atoms with Crippen molar-refractivity contribution in [3.63, 3.8) is 0 Å². The van der Waals surface area contributed by atoms with Crippen LogP contribution in [0.3, 0.4) is 0 Å². The van der Waals surface area contributed by atoms with E-state index in [-0.39, 0.29) is 5.56 Å². The minimum Gasteiger partial charge on any atom is -0.388 e. The molecule has 1 N–H and O–H groups in total. The van der Waals surface area contributed by atoms with Gasteiger partial charge in [-0.1, -0.05) is 12.1 Å². The Hall–Kier alpha value is -1.04. The summed E-state index contributed by atoms with van der Waals surface area (Å²) in [5.74, 6) is -1.84. The summed E-state index contributed by atoms with van der Waals surface area (Å²) >= 11 is 0. The van der Waals surface area contributed by atoms with E-state index in [1.807, 2.05) is 0 Å². The maximum absolute atomic E-state index is 13.6. The molecule has 1 fully saturated rings. The van der Waals surface area contributed by atoms with Gasteiger partial charge in [0.15, 0.2) is 11.6 Å². The zero-order valence-electron chi connectivity index (χ0n) is 12.0. The predicted octanol–water partition coefficient (Wildman–Crippen LogP) is 2.02. The second kappa shape index (κ2) is 6.61. The summed E-state index contributed by atoms with van der Waals surface area (Å²) in [6.07, 6.45) is 0.571. The number of hydrogen-bond acceptors (Lipinski definition) is 3. The number of halogens is 2. The lowest BCUT2D eigenvalue weighted by atomic mass is 10.1. The lowest BCUT2D eigenvalue weighted by Gasteiger charge is -2.21. The van der Waals surface area contributed by atoms with E-state index < -0.39 is 17.7 Å². The van der Waals surface area contributed by atoms with Crippen molar-refractivity contribution in [1.29, 1.82) is 0 Å². The van der Waals surface area contributed by atoms with E-state index in [9.17, 15) is 13.9 Å². The van der Waals surface area contributed by atoms with Crippen molar-refractivity contribution in [2.24, 2.45) is 0 Å². The Balaban J connectivity index is 1.87. The number of aliphatic hydroxyl groups is 1. The third-order valence-electron chi connectivity index (χ3n) is 4.04. The van der Waals surface area contributed by atoms with Crippen LogP contribution in [0.1, 0.15) is 24.5 Å². The summed E-state index contributed by atoms with van der Waals surface area (Å²) in [7, 11) is 4.12. The van der Waals surface area contributed by atoms with Crippen molar-refractivity contribution < 1.29 is 13.9 Å². The molecule has 0 radical (unpaired) electrons. The highest BCUT2D eigenvalue weighted by Crippen LogP contribution is 2.23. The Morgan fingerprint density at radius 1 is 1.40 bits per heavy atom. The first kappa shape index (κ1) is 15.4. The second-order valence-corrected chi connectivity index (χ2v) is 5.65. The molecule has 112 valence electrons. The van der Waals surface area contributed by atoms with Gasteiger partial charge in [0.2, 0.25) is 0 Å². The van der Waals surface area contributed by atoms with Crippen molar-refractivity contribution in [1.82, 2.24) is 9.80 Å². The first-order chi connectivity index (χ1) is 9.49. The van der Waals surface area contributed by atoms with Crippen molar-refractivity contribution in [3.05, 3.63) is 35.4 Å². The third-order valence-corrected chi connectivity index (χ3v) is 4.04. The summed E-state index contributed by atoms with van der Waals surface area (Å²) in [6.45, 7) is 2.65. The van der Waals surface area contributed by atoms with Crippen LogP contribution in [0, 0.1) is 11.6 Å². The van der Waals surface area contributed by atoms with Crippen molar-refractivity contribution in [2.45, 2.75) is 25.0 Å². The molecule has 0 saturated carbocycles. The lowest BCUT2D eigenvalue weighted by Crippen LogP contribution is -2.32. The highest BCUT2D eigenvalue weighted by molar-refractivity contribution is 5.21. The largest absolute Gasteiger partial charge is 0.388 e. The maximum Gasteiger partial charge on any atom is 0.164 e. The molecule has 5 heteroatoms. The van der Waals surface area contributed by atoms with Crippen LogP contribution in [0.2, 0.25) is 0 Å². The molecule has 1 aliphatic heterocycles. The average Bonchev–Trinajstić information content (AvgIpc) is 2.88. The van der Waals surface area contributed by atoms with Crippen LogP contribution in [-0.2, 0) is 0 Å². The summed E-state index contributed by atoms with van der Waals surface area (Å²) in [4.78, 5) is 4.45. The van der Waals surface area contributed by atoms with Gasteiger partial charge >= 0.3 is 0 Å². The molecule has 3 nitrogen and oxygen atoms in total. The third kappa shape index (κ3) is 3.53. The minimum atomic E-state index is -0.955. The molecular weight excluding hydrogens is 262 g/mol. The smallest absolute Gasteiger partial charge is 0.164 e. The van der Waals surface area contributed by atoms with Crippen molar-refractivity contribution in [3.8, 4) is 0 Å². The molecule has 2 rings (SSSR count). The molecule has 1 heterocycles. The molecule has 1 aromatic rings. The van der Waals surface area contributed by atoms with E-state index in [2.05, 4.69) is 23.9 Å². The topological polar surface area (TPSA) is 26.7 Å². The molecule has 1 aliphatic rings. The maximum atomic E-state index is 13.6. The SMILES string of the molecule is CN(C)C1CCN(CCC(O)c2cccc(F)c2F)C1. The zero-order valence-corrected chi connectivity index (χ0v) is 12.0. The Morgan fingerprint density at radius 3 is 2.80 bits per heavy atom.